The van der Waals surface area contributed by atoms with E-state index in [9.17, 15) is 22.8 Å². The number of sulfonamides is 1. The van der Waals surface area contributed by atoms with Crippen molar-refractivity contribution < 1.29 is 22.8 Å². The minimum Gasteiger partial charge on any atom is -0.348 e. The highest BCUT2D eigenvalue weighted by Crippen LogP contribution is 2.26. The van der Waals surface area contributed by atoms with E-state index in [1.807, 2.05) is 0 Å². The molecule has 9 heteroatoms. The smallest absolute Gasteiger partial charge is 0.261 e. The van der Waals surface area contributed by atoms with E-state index >= 15 is 0 Å². The van der Waals surface area contributed by atoms with Crippen LogP contribution in [0.15, 0.2) is 47.4 Å². The zero-order valence-electron chi connectivity index (χ0n) is 18.0. The van der Waals surface area contributed by atoms with Crippen LogP contribution in [0.2, 0.25) is 0 Å². The molecule has 1 N–H and O–H groups in total. The lowest BCUT2D eigenvalue weighted by Crippen LogP contribution is -2.35. The first-order chi connectivity index (χ1) is 15.2. The molecule has 2 aliphatic rings. The fourth-order valence-corrected chi connectivity index (χ4v) is 5.53. The summed E-state index contributed by atoms with van der Waals surface area (Å²) in [5, 5.41) is 2.77. The Bertz CT molecular complexity index is 1180. The van der Waals surface area contributed by atoms with E-state index in [0.717, 1.165) is 18.4 Å². The van der Waals surface area contributed by atoms with E-state index < -0.39 is 15.9 Å². The van der Waals surface area contributed by atoms with Gasteiger partial charge in [-0.15, -0.1) is 0 Å². The van der Waals surface area contributed by atoms with Crippen LogP contribution >= 0.6 is 0 Å². The average molecular weight is 456 g/mol. The highest BCUT2D eigenvalue weighted by atomic mass is 32.2. The summed E-state index contributed by atoms with van der Waals surface area (Å²) in [6.45, 7) is 4.81. The standard InChI is InChI=1S/C23H25N3O5S/c1-15(2)26-22(28)19-10-7-17(13-20(19)23(26)29)21(27)24-14-16-5-8-18(9-6-16)32(30,31)25-11-3-4-12-25/h5-10,13,15H,3-4,11-12,14H2,1-2H3,(H,24,27). The van der Waals surface area contributed by atoms with Crippen molar-refractivity contribution in [3.63, 3.8) is 0 Å². The molecule has 0 spiro atoms. The SMILES string of the molecule is CC(C)N1C(=O)c2ccc(C(=O)NCc3ccc(S(=O)(=O)N4CCCC4)cc3)cc2C1=O. The summed E-state index contributed by atoms with van der Waals surface area (Å²) >= 11 is 0. The normalized spacial score (nSPS) is 16.7. The van der Waals surface area contributed by atoms with E-state index in [4.69, 9.17) is 0 Å². The Balaban J connectivity index is 1.43. The molecule has 2 aromatic carbocycles. The number of hydrogen-bond acceptors (Lipinski definition) is 5. The number of amides is 3. The van der Waals surface area contributed by atoms with Gasteiger partial charge in [0.15, 0.2) is 0 Å². The van der Waals surface area contributed by atoms with E-state index in [-0.39, 0.29) is 40.4 Å². The maximum absolute atomic E-state index is 12.6. The largest absolute Gasteiger partial charge is 0.348 e. The Morgan fingerprint density at radius 3 is 2.22 bits per heavy atom. The van der Waals surface area contributed by atoms with Crippen LogP contribution in [0.3, 0.4) is 0 Å². The lowest BCUT2D eigenvalue weighted by molar-refractivity contribution is 0.0609. The molecule has 0 radical (unpaired) electrons. The highest BCUT2D eigenvalue weighted by molar-refractivity contribution is 7.89. The fraction of sp³-hybridized carbons (Fsp3) is 0.348. The predicted octanol–water partition coefficient (Wildman–Crippen LogP) is 2.41. The molecule has 0 saturated carbocycles. The summed E-state index contributed by atoms with van der Waals surface area (Å²) in [6.07, 6.45) is 1.75. The molecule has 2 heterocycles. The van der Waals surface area contributed by atoms with E-state index in [1.165, 1.54) is 27.4 Å². The number of nitrogens with zero attached hydrogens (tertiary/aromatic N) is 2. The van der Waals surface area contributed by atoms with Crippen molar-refractivity contribution in [3.05, 3.63) is 64.7 Å². The van der Waals surface area contributed by atoms with Gasteiger partial charge in [-0.05, 0) is 62.6 Å². The first-order valence-electron chi connectivity index (χ1n) is 10.6. The zero-order valence-corrected chi connectivity index (χ0v) is 18.8. The van der Waals surface area contributed by atoms with Crippen LogP contribution in [-0.4, -0.2) is 54.5 Å². The van der Waals surface area contributed by atoms with Gasteiger partial charge in [0.25, 0.3) is 17.7 Å². The summed E-state index contributed by atoms with van der Waals surface area (Å²) in [5.41, 5.74) is 1.56. The van der Waals surface area contributed by atoms with Crippen molar-refractivity contribution >= 4 is 27.7 Å². The van der Waals surface area contributed by atoms with Gasteiger partial charge in [-0.1, -0.05) is 12.1 Å². The Hall–Kier alpha value is -3.04. The van der Waals surface area contributed by atoms with Gasteiger partial charge >= 0.3 is 0 Å². The molecule has 0 unspecified atom stereocenters. The van der Waals surface area contributed by atoms with Crippen molar-refractivity contribution in [2.24, 2.45) is 0 Å². The van der Waals surface area contributed by atoms with Crippen molar-refractivity contribution in [2.45, 2.75) is 44.2 Å². The van der Waals surface area contributed by atoms with Crippen molar-refractivity contribution in [2.75, 3.05) is 13.1 Å². The molecule has 4 rings (SSSR count). The maximum Gasteiger partial charge on any atom is 0.261 e. The second kappa shape index (κ2) is 8.48. The molecule has 0 aromatic heterocycles. The van der Waals surface area contributed by atoms with Gasteiger partial charge in [0, 0.05) is 31.2 Å². The molecular weight excluding hydrogens is 430 g/mol. The minimum absolute atomic E-state index is 0.199. The number of carbonyl (C=O) groups is 3. The number of imide groups is 1. The third-order valence-corrected chi connectivity index (χ3v) is 7.69. The number of rotatable bonds is 6. The van der Waals surface area contributed by atoms with Crippen LogP contribution < -0.4 is 5.32 Å². The Morgan fingerprint density at radius 2 is 1.59 bits per heavy atom. The van der Waals surface area contributed by atoms with Crippen LogP contribution in [-0.2, 0) is 16.6 Å². The summed E-state index contributed by atoms with van der Waals surface area (Å²) in [4.78, 5) is 38.9. The second-order valence-corrected chi connectivity index (χ2v) is 10.2. The molecule has 168 valence electrons. The first-order valence-corrected chi connectivity index (χ1v) is 12.0. The van der Waals surface area contributed by atoms with Crippen molar-refractivity contribution in [1.29, 1.82) is 0 Å². The molecule has 0 bridgehead atoms. The Morgan fingerprint density at radius 1 is 0.969 bits per heavy atom. The third kappa shape index (κ3) is 3.93. The predicted molar refractivity (Wildman–Crippen MR) is 118 cm³/mol. The highest BCUT2D eigenvalue weighted by Gasteiger charge is 2.37. The molecule has 2 aliphatic heterocycles. The first kappa shape index (κ1) is 22.2. The lowest BCUT2D eigenvalue weighted by Gasteiger charge is -2.17. The van der Waals surface area contributed by atoms with Gasteiger partial charge in [-0.25, -0.2) is 8.42 Å². The Kier molecular flexibility index (Phi) is 5.87. The lowest BCUT2D eigenvalue weighted by atomic mass is 10.1. The van der Waals surface area contributed by atoms with Gasteiger partial charge in [-0.3, -0.25) is 19.3 Å². The number of fused-ring (bicyclic) bond motifs is 1. The number of hydrogen-bond donors (Lipinski definition) is 1. The van der Waals surface area contributed by atoms with Gasteiger partial charge < -0.3 is 5.32 Å². The van der Waals surface area contributed by atoms with Crippen LogP contribution in [0.1, 0.15) is 63.3 Å². The zero-order chi connectivity index (χ0) is 23.0. The maximum atomic E-state index is 12.6. The summed E-state index contributed by atoms with van der Waals surface area (Å²) < 4.78 is 26.7. The molecule has 8 nitrogen and oxygen atoms in total. The van der Waals surface area contributed by atoms with Crippen molar-refractivity contribution in [1.82, 2.24) is 14.5 Å². The van der Waals surface area contributed by atoms with Gasteiger partial charge in [0.1, 0.15) is 0 Å². The quantitative estimate of drug-likeness (QED) is 0.674. The molecule has 32 heavy (non-hydrogen) atoms. The van der Waals surface area contributed by atoms with E-state index in [1.54, 1.807) is 38.1 Å². The number of nitrogens with one attached hydrogen (secondary N) is 1. The number of benzene rings is 2. The van der Waals surface area contributed by atoms with Gasteiger partial charge in [-0.2, -0.15) is 4.31 Å². The molecule has 0 aliphatic carbocycles. The summed E-state index contributed by atoms with van der Waals surface area (Å²) in [6, 6.07) is 10.7. The third-order valence-electron chi connectivity index (χ3n) is 5.78. The van der Waals surface area contributed by atoms with Gasteiger partial charge in [0.05, 0.1) is 16.0 Å². The fourth-order valence-electron chi connectivity index (χ4n) is 4.01. The van der Waals surface area contributed by atoms with Crippen LogP contribution in [0.4, 0.5) is 0 Å². The van der Waals surface area contributed by atoms with Gasteiger partial charge in [0.2, 0.25) is 10.0 Å². The van der Waals surface area contributed by atoms with Crippen LogP contribution in [0.5, 0.6) is 0 Å². The topological polar surface area (TPSA) is 104 Å². The summed E-state index contributed by atoms with van der Waals surface area (Å²) in [5.74, 6) is -1.13. The van der Waals surface area contributed by atoms with E-state index in [2.05, 4.69) is 5.32 Å². The number of carbonyl (C=O) groups excluding carboxylic acids is 3. The molecular formula is C23H25N3O5S. The average Bonchev–Trinajstić information content (AvgIpc) is 3.40. The Labute approximate surface area is 187 Å². The van der Waals surface area contributed by atoms with Crippen molar-refractivity contribution in [3.8, 4) is 0 Å². The molecule has 3 amide bonds. The molecule has 1 saturated heterocycles. The van der Waals surface area contributed by atoms with Crippen LogP contribution in [0.25, 0.3) is 0 Å². The monoisotopic (exact) mass is 455 g/mol. The summed E-state index contributed by atoms with van der Waals surface area (Å²) in [7, 11) is -3.47. The molecule has 2 aromatic rings. The second-order valence-electron chi connectivity index (χ2n) is 8.27. The molecule has 1 fully saturated rings. The minimum atomic E-state index is -3.47. The van der Waals surface area contributed by atoms with E-state index in [0.29, 0.717) is 18.7 Å². The molecule has 0 atom stereocenters. The van der Waals surface area contributed by atoms with Crippen LogP contribution in [0, 0.1) is 0 Å².